The Morgan fingerprint density at radius 2 is 2.11 bits per heavy atom. The zero-order chi connectivity index (χ0) is 13.0. The third-order valence-corrected chi connectivity index (χ3v) is 4.59. The maximum absolute atomic E-state index is 12.5. The molecule has 1 saturated heterocycles. The van der Waals surface area contributed by atoms with Crippen LogP contribution < -0.4 is 5.73 Å². The molecule has 2 N–H and O–H groups in total. The zero-order valence-electron chi connectivity index (χ0n) is 11.7. The molecule has 0 aromatic carbocycles. The van der Waals surface area contributed by atoms with Gasteiger partial charge in [0.25, 0.3) is 0 Å². The molecule has 3 nitrogen and oxygen atoms in total. The molecule has 0 aromatic heterocycles. The van der Waals surface area contributed by atoms with Crippen LogP contribution in [0, 0.1) is 11.8 Å². The SMILES string of the molecule is CCCC1CCCN(C(=O)C2CCCC(N)C2)C1. The van der Waals surface area contributed by atoms with E-state index in [-0.39, 0.29) is 12.0 Å². The van der Waals surface area contributed by atoms with Crippen LogP contribution in [0.2, 0.25) is 0 Å². The molecule has 1 aliphatic carbocycles. The number of nitrogens with two attached hydrogens (primary N) is 1. The Labute approximate surface area is 111 Å². The molecule has 1 heterocycles. The number of nitrogens with zero attached hydrogens (tertiary/aromatic N) is 1. The predicted molar refractivity (Wildman–Crippen MR) is 74.1 cm³/mol. The summed E-state index contributed by atoms with van der Waals surface area (Å²) >= 11 is 0. The van der Waals surface area contributed by atoms with Gasteiger partial charge in [-0.1, -0.05) is 19.8 Å². The molecule has 2 aliphatic rings. The van der Waals surface area contributed by atoms with Gasteiger partial charge in [-0.05, 0) is 44.4 Å². The van der Waals surface area contributed by atoms with Gasteiger partial charge in [0.05, 0.1) is 0 Å². The maximum atomic E-state index is 12.5. The van der Waals surface area contributed by atoms with E-state index in [1.165, 1.54) is 25.7 Å². The number of hydrogen-bond acceptors (Lipinski definition) is 2. The van der Waals surface area contributed by atoms with Gasteiger partial charge in [0.1, 0.15) is 0 Å². The monoisotopic (exact) mass is 252 g/mol. The van der Waals surface area contributed by atoms with E-state index >= 15 is 0 Å². The molecule has 18 heavy (non-hydrogen) atoms. The summed E-state index contributed by atoms with van der Waals surface area (Å²) in [6, 6.07) is 0.254. The zero-order valence-corrected chi connectivity index (χ0v) is 11.7. The van der Waals surface area contributed by atoms with E-state index in [9.17, 15) is 4.79 Å². The first-order valence-electron chi connectivity index (χ1n) is 7.75. The average Bonchev–Trinajstić information content (AvgIpc) is 2.39. The molecule has 1 saturated carbocycles. The third-order valence-electron chi connectivity index (χ3n) is 4.59. The van der Waals surface area contributed by atoms with Crippen molar-refractivity contribution in [1.82, 2.24) is 4.90 Å². The highest BCUT2D eigenvalue weighted by atomic mass is 16.2. The first kappa shape index (κ1) is 13.9. The van der Waals surface area contributed by atoms with E-state index in [0.717, 1.165) is 44.7 Å². The van der Waals surface area contributed by atoms with E-state index in [2.05, 4.69) is 11.8 Å². The smallest absolute Gasteiger partial charge is 0.225 e. The highest BCUT2D eigenvalue weighted by molar-refractivity contribution is 5.79. The highest BCUT2D eigenvalue weighted by Gasteiger charge is 2.31. The van der Waals surface area contributed by atoms with Gasteiger partial charge in [0.2, 0.25) is 5.91 Å². The Hall–Kier alpha value is -0.570. The Kier molecular flexibility index (Phi) is 5.04. The van der Waals surface area contributed by atoms with Crippen molar-refractivity contribution >= 4 is 5.91 Å². The first-order valence-corrected chi connectivity index (χ1v) is 7.75. The minimum atomic E-state index is 0.217. The van der Waals surface area contributed by atoms with Crippen LogP contribution in [0.25, 0.3) is 0 Å². The first-order chi connectivity index (χ1) is 8.70. The van der Waals surface area contributed by atoms with E-state index in [4.69, 9.17) is 5.73 Å². The summed E-state index contributed by atoms with van der Waals surface area (Å²) in [5.74, 6) is 1.35. The second-order valence-corrected chi connectivity index (χ2v) is 6.20. The maximum Gasteiger partial charge on any atom is 0.225 e. The van der Waals surface area contributed by atoms with E-state index in [1.807, 2.05) is 0 Å². The summed E-state index contributed by atoms with van der Waals surface area (Å²) < 4.78 is 0. The van der Waals surface area contributed by atoms with Crippen LogP contribution in [0.5, 0.6) is 0 Å². The minimum absolute atomic E-state index is 0.217. The van der Waals surface area contributed by atoms with Crippen molar-refractivity contribution in [3.8, 4) is 0 Å². The summed E-state index contributed by atoms with van der Waals surface area (Å²) in [6.45, 7) is 4.21. The normalized spacial score (nSPS) is 33.4. The molecule has 3 heteroatoms. The van der Waals surface area contributed by atoms with Crippen LogP contribution >= 0.6 is 0 Å². The Morgan fingerprint density at radius 3 is 2.83 bits per heavy atom. The minimum Gasteiger partial charge on any atom is -0.342 e. The molecule has 0 bridgehead atoms. The third kappa shape index (κ3) is 3.47. The van der Waals surface area contributed by atoms with Crippen LogP contribution in [0.1, 0.15) is 58.3 Å². The summed E-state index contributed by atoms with van der Waals surface area (Å²) in [4.78, 5) is 14.7. The van der Waals surface area contributed by atoms with Gasteiger partial charge in [-0.2, -0.15) is 0 Å². The summed E-state index contributed by atoms with van der Waals surface area (Å²) in [6.07, 6.45) is 9.20. The number of likely N-dealkylation sites (tertiary alicyclic amines) is 1. The molecule has 0 aromatic rings. The molecule has 104 valence electrons. The fraction of sp³-hybridized carbons (Fsp3) is 0.933. The Morgan fingerprint density at radius 1 is 1.28 bits per heavy atom. The van der Waals surface area contributed by atoms with Crippen LogP contribution in [0.3, 0.4) is 0 Å². The van der Waals surface area contributed by atoms with Crippen molar-refractivity contribution in [2.75, 3.05) is 13.1 Å². The van der Waals surface area contributed by atoms with E-state index < -0.39 is 0 Å². The lowest BCUT2D eigenvalue weighted by Crippen LogP contribution is -2.45. The molecule has 3 unspecified atom stereocenters. The molecule has 0 spiro atoms. The van der Waals surface area contributed by atoms with Gasteiger partial charge >= 0.3 is 0 Å². The molecule has 2 fully saturated rings. The number of amides is 1. The molecule has 0 radical (unpaired) electrons. The van der Waals surface area contributed by atoms with E-state index in [0.29, 0.717) is 5.91 Å². The molecular weight excluding hydrogens is 224 g/mol. The van der Waals surface area contributed by atoms with Crippen molar-refractivity contribution in [3.63, 3.8) is 0 Å². The van der Waals surface area contributed by atoms with Crippen molar-refractivity contribution in [2.24, 2.45) is 17.6 Å². The van der Waals surface area contributed by atoms with Gasteiger partial charge < -0.3 is 10.6 Å². The number of hydrogen-bond donors (Lipinski definition) is 1. The molecule has 3 atom stereocenters. The number of carbonyl (C=O) groups is 1. The molecule has 1 aliphatic heterocycles. The molecular formula is C15H28N2O. The second kappa shape index (κ2) is 6.55. The van der Waals surface area contributed by atoms with Crippen molar-refractivity contribution in [2.45, 2.75) is 64.3 Å². The predicted octanol–water partition coefficient (Wildman–Crippen LogP) is 2.54. The number of piperidine rings is 1. The van der Waals surface area contributed by atoms with Crippen LogP contribution in [0.4, 0.5) is 0 Å². The number of rotatable bonds is 3. The van der Waals surface area contributed by atoms with Gasteiger partial charge in [0, 0.05) is 25.0 Å². The van der Waals surface area contributed by atoms with Crippen LogP contribution in [-0.2, 0) is 4.79 Å². The molecule has 1 amide bonds. The summed E-state index contributed by atoms with van der Waals surface area (Å²) in [7, 11) is 0. The topological polar surface area (TPSA) is 46.3 Å². The standard InChI is InChI=1S/C15H28N2O/c1-2-5-12-6-4-9-17(11-12)15(18)13-7-3-8-14(16)10-13/h12-14H,2-11,16H2,1H3. The fourth-order valence-electron chi connectivity index (χ4n) is 3.62. The Balaban J connectivity index is 1.87. The summed E-state index contributed by atoms with van der Waals surface area (Å²) in [5, 5.41) is 0. The van der Waals surface area contributed by atoms with Crippen molar-refractivity contribution in [1.29, 1.82) is 0 Å². The van der Waals surface area contributed by atoms with Gasteiger partial charge in [-0.15, -0.1) is 0 Å². The van der Waals surface area contributed by atoms with Gasteiger partial charge in [-0.25, -0.2) is 0 Å². The average molecular weight is 252 g/mol. The molecule has 2 rings (SSSR count). The quantitative estimate of drug-likeness (QED) is 0.839. The largest absolute Gasteiger partial charge is 0.342 e. The highest BCUT2D eigenvalue weighted by Crippen LogP contribution is 2.28. The Bertz CT molecular complexity index is 278. The lowest BCUT2D eigenvalue weighted by Gasteiger charge is -2.36. The lowest BCUT2D eigenvalue weighted by atomic mass is 9.84. The van der Waals surface area contributed by atoms with Gasteiger partial charge in [0.15, 0.2) is 0 Å². The fourth-order valence-corrected chi connectivity index (χ4v) is 3.62. The van der Waals surface area contributed by atoms with Crippen LogP contribution in [-0.4, -0.2) is 29.9 Å². The van der Waals surface area contributed by atoms with Crippen molar-refractivity contribution in [3.05, 3.63) is 0 Å². The second-order valence-electron chi connectivity index (χ2n) is 6.20. The summed E-state index contributed by atoms with van der Waals surface area (Å²) in [5.41, 5.74) is 6.00. The van der Waals surface area contributed by atoms with Crippen LogP contribution in [0.15, 0.2) is 0 Å². The lowest BCUT2D eigenvalue weighted by molar-refractivity contribution is -0.138. The number of carbonyl (C=O) groups excluding carboxylic acids is 1. The van der Waals surface area contributed by atoms with Gasteiger partial charge in [-0.3, -0.25) is 4.79 Å². The van der Waals surface area contributed by atoms with Crippen molar-refractivity contribution < 1.29 is 4.79 Å². The van der Waals surface area contributed by atoms with E-state index in [1.54, 1.807) is 0 Å².